The number of aliphatic carboxylic acids is 3. The van der Waals surface area contributed by atoms with Gasteiger partial charge in [-0.3, -0.25) is 44.7 Å². The van der Waals surface area contributed by atoms with E-state index in [1.54, 1.807) is 0 Å². The van der Waals surface area contributed by atoms with Crippen molar-refractivity contribution >= 4 is 114 Å². The quantitative estimate of drug-likeness (QED) is 0.0192. The van der Waals surface area contributed by atoms with Crippen LogP contribution < -0.4 is 61.2 Å². The van der Waals surface area contributed by atoms with Crippen molar-refractivity contribution in [3.8, 4) is 57.6 Å². The van der Waals surface area contributed by atoms with Crippen LogP contribution in [0.15, 0.2) is 92.3 Å². The number of esters is 2. The first-order chi connectivity index (χ1) is 71.1. The van der Waals surface area contributed by atoms with Crippen LogP contribution in [0.5, 0.6) is 0 Å². The number of aromatic amines is 5. The molecule has 0 aromatic carbocycles. The Morgan fingerprint density at radius 1 is 0.284 bits per heavy atom. The van der Waals surface area contributed by atoms with Crippen LogP contribution in [0.3, 0.4) is 0 Å². The van der Waals surface area contributed by atoms with Gasteiger partial charge in [0.15, 0.2) is 116 Å². The summed E-state index contributed by atoms with van der Waals surface area (Å²) in [4.78, 5) is 121. The Balaban J connectivity index is 0.000000112. The Hall–Kier alpha value is -14.9. The first kappa shape index (κ1) is 100. The molecule has 0 radical (unpaired) electrons. The molecule has 10 bridgehead atoms. The SMILES string of the molecule is COC(=O)C1C2CCC(CC2)C1Nc1nc(-c2[nH]nc3ncc(F)cc23)ncc1F.COC(=O)C1C2CCC(CC2)C1Nc1nc(-c2[nH]nc3ncc(F)cc23)ncc1F.O=C(O)C1C2CCC(CC2)C1Nc1nc(-c2[nH]nc3ncc(F)cc23)ncc1F.O=C(O)C1C2CCC(CC2)C1Nc1nc(-c2[nH]nc3ncc(F)cc23)ncc1F.O=C([O-])C1C2CCC(CC2)C1Nc1nc(-c2[nH]nc3ncc(F)cc23)ncc1F.[Na+]. The summed E-state index contributed by atoms with van der Waals surface area (Å²) in [6.07, 6.45) is 28.9. The molecule has 0 saturated heterocycles. The molecule has 0 amide bonds. The molecule has 15 aromatic heterocycles. The second-order valence-corrected chi connectivity index (χ2v) is 39.0. The van der Waals surface area contributed by atoms with Crippen LogP contribution >= 0.6 is 0 Å². The third kappa shape index (κ3) is 19.9. The molecule has 15 heterocycles. The van der Waals surface area contributed by atoms with Crippen molar-refractivity contribution in [1.82, 2.24) is 126 Å². The van der Waals surface area contributed by atoms with Gasteiger partial charge in [0.25, 0.3) is 0 Å². The molecule has 148 heavy (non-hydrogen) atoms. The van der Waals surface area contributed by atoms with E-state index in [2.05, 4.69) is 152 Å². The molecule has 40 nitrogen and oxygen atoms in total. The molecule has 10 unspecified atom stereocenters. The zero-order valence-corrected chi connectivity index (χ0v) is 81.2. The number of halogens is 10. The summed E-state index contributed by atoms with van der Waals surface area (Å²) in [6, 6.07) is 4.52. The van der Waals surface area contributed by atoms with E-state index in [-0.39, 0.29) is 188 Å². The number of carboxylic acids is 3. The number of carbonyl (C=O) groups is 5. The van der Waals surface area contributed by atoms with E-state index in [0.29, 0.717) is 78.0 Å². The van der Waals surface area contributed by atoms with Crippen molar-refractivity contribution in [1.29, 1.82) is 0 Å². The van der Waals surface area contributed by atoms with Gasteiger partial charge >= 0.3 is 53.4 Å². The zero-order chi connectivity index (χ0) is 102. The van der Waals surface area contributed by atoms with Crippen molar-refractivity contribution in [2.75, 3.05) is 40.8 Å². The molecule has 15 aromatic rings. The fourth-order valence-electron chi connectivity index (χ4n) is 24.2. The molecular weight excluding hydrogens is 1960 g/mol. The molecule has 12 N–H and O–H groups in total. The van der Waals surface area contributed by atoms with Crippen LogP contribution in [-0.2, 0) is 33.4 Å². The number of methoxy groups -OCH3 is 2. The summed E-state index contributed by atoms with van der Waals surface area (Å²) in [5.74, 6) is -9.92. The second-order valence-electron chi connectivity index (χ2n) is 39.0. The van der Waals surface area contributed by atoms with Gasteiger partial charge in [-0.2, -0.15) is 25.5 Å². The van der Waals surface area contributed by atoms with Crippen LogP contribution in [0.25, 0.3) is 113 Å². The van der Waals surface area contributed by atoms with Crippen LogP contribution in [0.4, 0.5) is 73.0 Å². The van der Waals surface area contributed by atoms with Gasteiger partial charge in [0.2, 0.25) is 0 Å². The van der Waals surface area contributed by atoms with Crippen molar-refractivity contribution in [2.45, 2.75) is 159 Å². The molecule has 10 atom stereocenters. The Morgan fingerprint density at radius 3 is 0.662 bits per heavy atom. The van der Waals surface area contributed by atoms with Gasteiger partial charge < -0.3 is 56.2 Å². The summed E-state index contributed by atoms with van der Waals surface area (Å²) in [7, 11) is 2.75. The fraction of sp³-hybridized carbons (Fsp3) is 0.433. The Morgan fingerprint density at radius 2 is 0.466 bits per heavy atom. The number of rotatable bonds is 20. The summed E-state index contributed by atoms with van der Waals surface area (Å²) in [5, 5.41) is 82.1. The number of carbonyl (C=O) groups excluding carboxylic acids is 3. The number of anilines is 5. The van der Waals surface area contributed by atoms with Crippen molar-refractivity contribution < 1.29 is 122 Å². The van der Waals surface area contributed by atoms with E-state index >= 15 is 0 Å². The third-order valence-electron chi connectivity index (χ3n) is 31.1. The van der Waals surface area contributed by atoms with Crippen molar-refractivity contribution in [3.63, 3.8) is 0 Å². The molecule has 15 aliphatic rings. The smallest absolute Gasteiger partial charge is 0.550 e. The number of nitrogens with zero attached hydrogens (tertiary/aromatic N) is 20. The Labute approximate surface area is 853 Å². The standard InChI is InChI=1S/2C20H20F2N6O2.3C19H18F2N6O2.Na/c2*1-30-20(29)14-9-2-4-10(5-3-9)15(14)25-18-13(22)8-24-19(26-18)16-12-6-11(21)7-23-17(12)28-27-16;3*20-10-5-11-15(26-27-16(11)22-6-10)18-23-7-12(21)17(25-18)24-14-9-3-1-8(2-4-9)13(14)19(28)29;/h2*6-10,14-15H,2-5H2,1H3,(H,23,27,28)(H,24,25,26);3*5-9,13-14H,1-4H2,(H,28,29)(H,22,26,27)(H,23,24,25);/q;;;;;+1/p-1. The summed E-state index contributed by atoms with van der Waals surface area (Å²) in [6.45, 7) is 0. The minimum absolute atomic E-state index is 0. The molecule has 762 valence electrons. The second kappa shape index (κ2) is 42.2. The Kier molecular flexibility index (Phi) is 28.6. The van der Waals surface area contributed by atoms with Gasteiger partial charge in [-0.15, -0.1) is 0 Å². The van der Waals surface area contributed by atoms with Gasteiger partial charge in [0.1, 0.15) is 57.6 Å². The van der Waals surface area contributed by atoms with E-state index < -0.39 is 112 Å². The largest absolute Gasteiger partial charge is 1.00 e. The number of nitrogens with one attached hydrogen (secondary N) is 10. The normalized spacial score (nSPS) is 25.6. The van der Waals surface area contributed by atoms with Crippen molar-refractivity contribution in [2.24, 2.45) is 88.8 Å². The summed E-state index contributed by atoms with van der Waals surface area (Å²) in [5.41, 5.74) is 3.10. The number of fused-ring (bicyclic) bond motifs is 20. The van der Waals surface area contributed by atoms with Crippen molar-refractivity contribution in [3.05, 3.63) is 150 Å². The maximum absolute atomic E-state index is 14.6. The zero-order valence-electron chi connectivity index (χ0n) is 79.2. The predicted octanol–water partition coefficient (Wildman–Crippen LogP) is 10.8. The average molecular weight is 2050 g/mol. The number of ether oxygens (including phenoxy) is 2. The summed E-state index contributed by atoms with van der Waals surface area (Å²) >= 11 is 0. The number of H-pyrrole nitrogens is 5. The number of hydrogen-bond acceptors (Lipinski definition) is 33. The molecular formula is C97H93F10N30NaO10. The maximum Gasteiger partial charge on any atom is 1.00 e. The first-order valence-electron chi connectivity index (χ1n) is 48.4. The topological polar surface area (TPSA) is 564 Å². The van der Waals surface area contributed by atoms with E-state index in [1.807, 2.05) is 0 Å². The van der Waals surface area contributed by atoms with E-state index in [0.717, 1.165) is 190 Å². The van der Waals surface area contributed by atoms with Gasteiger partial charge in [0.05, 0.1) is 127 Å². The number of pyridine rings is 5. The van der Waals surface area contributed by atoms with Gasteiger partial charge in [-0.1, -0.05) is 0 Å². The van der Waals surface area contributed by atoms with Gasteiger partial charge in [-0.25, -0.2) is 119 Å². The average Bonchev–Trinajstić information content (AvgIpc) is 0.982. The van der Waals surface area contributed by atoms with Crippen LogP contribution in [0, 0.1) is 147 Å². The van der Waals surface area contributed by atoms with Gasteiger partial charge in [0, 0.05) is 42.1 Å². The number of carboxylic acid groups (broad SMARTS) is 3. The molecule has 15 fully saturated rings. The molecule has 0 aliphatic heterocycles. The third-order valence-corrected chi connectivity index (χ3v) is 31.1. The number of aromatic nitrogens is 25. The summed E-state index contributed by atoms with van der Waals surface area (Å²) < 4.78 is 151. The molecule has 15 aliphatic carbocycles. The minimum atomic E-state index is -1.12. The van der Waals surface area contributed by atoms with Crippen LogP contribution in [-0.4, -0.2) is 210 Å². The maximum atomic E-state index is 14.6. The van der Waals surface area contributed by atoms with Crippen LogP contribution in [0.1, 0.15) is 128 Å². The van der Waals surface area contributed by atoms with Crippen LogP contribution in [0.2, 0.25) is 0 Å². The predicted molar refractivity (Wildman–Crippen MR) is 500 cm³/mol. The first-order valence-corrected chi connectivity index (χ1v) is 48.4. The van der Waals surface area contributed by atoms with Gasteiger partial charge in [-0.05, 0) is 218 Å². The minimum Gasteiger partial charge on any atom is -0.550 e. The Bertz CT molecular complexity index is 6950. The fourth-order valence-corrected chi connectivity index (χ4v) is 24.2. The molecule has 30 rings (SSSR count). The van der Waals surface area contributed by atoms with E-state index in [1.165, 1.54) is 44.6 Å². The van der Waals surface area contributed by atoms with E-state index in [9.17, 15) is 83.2 Å². The monoisotopic (exact) mass is 2050 g/mol. The number of hydrogen-bond donors (Lipinski definition) is 12. The molecule has 51 heteroatoms. The van der Waals surface area contributed by atoms with E-state index in [4.69, 9.17) is 9.47 Å². The molecule has 0 spiro atoms. The molecule has 15 saturated carbocycles.